The highest BCUT2D eigenvalue weighted by Crippen LogP contribution is 2.25. The molecule has 0 spiro atoms. The van der Waals surface area contributed by atoms with Crippen molar-refractivity contribution in [2.24, 2.45) is 0 Å². The molecule has 0 bridgehead atoms. The number of nitrogens with two attached hydrogens (primary N) is 1. The van der Waals surface area contributed by atoms with Crippen molar-refractivity contribution in [2.45, 2.75) is 32.2 Å². The summed E-state index contributed by atoms with van der Waals surface area (Å²) < 4.78 is 0. The molecule has 14 heavy (non-hydrogen) atoms. The summed E-state index contributed by atoms with van der Waals surface area (Å²) in [6.45, 7) is 3.22. The van der Waals surface area contributed by atoms with E-state index in [4.69, 9.17) is 5.73 Å². The lowest BCUT2D eigenvalue weighted by Gasteiger charge is -2.26. The smallest absolute Gasteiger partial charge is 0.0349 e. The van der Waals surface area contributed by atoms with Gasteiger partial charge in [-0.05, 0) is 43.0 Å². The van der Waals surface area contributed by atoms with Gasteiger partial charge in [-0.3, -0.25) is 0 Å². The van der Waals surface area contributed by atoms with Crippen molar-refractivity contribution in [2.75, 3.05) is 12.3 Å². The SMILES string of the molecule is CCNC1CCc2c(N)cccc2C1. The molecule has 3 N–H and O–H groups in total. The second-order valence-electron chi connectivity index (χ2n) is 3.98. The van der Waals surface area contributed by atoms with Crippen LogP contribution in [0.5, 0.6) is 0 Å². The fraction of sp³-hybridized carbons (Fsp3) is 0.500. The van der Waals surface area contributed by atoms with Gasteiger partial charge in [-0.25, -0.2) is 0 Å². The maximum atomic E-state index is 5.94. The van der Waals surface area contributed by atoms with E-state index in [0.29, 0.717) is 6.04 Å². The van der Waals surface area contributed by atoms with Crippen molar-refractivity contribution in [1.29, 1.82) is 0 Å². The molecule has 1 atom stereocenters. The Morgan fingerprint density at radius 3 is 3.14 bits per heavy atom. The van der Waals surface area contributed by atoms with Crippen molar-refractivity contribution in [1.82, 2.24) is 5.32 Å². The molecule has 1 unspecified atom stereocenters. The molecule has 0 fully saturated rings. The summed E-state index contributed by atoms with van der Waals surface area (Å²) in [6, 6.07) is 6.92. The minimum absolute atomic E-state index is 0.647. The number of likely N-dealkylation sites (N-methyl/N-ethyl adjacent to an activating group) is 1. The molecule has 2 heteroatoms. The van der Waals surface area contributed by atoms with Crippen LogP contribution in [0.25, 0.3) is 0 Å². The van der Waals surface area contributed by atoms with Gasteiger partial charge in [0.15, 0.2) is 0 Å². The van der Waals surface area contributed by atoms with E-state index in [1.807, 2.05) is 6.07 Å². The van der Waals surface area contributed by atoms with Crippen molar-refractivity contribution in [3.05, 3.63) is 29.3 Å². The van der Waals surface area contributed by atoms with E-state index in [9.17, 15) is 0 Å². The van der Waals surface area contributed by atoms with Crippen LogP contribution in [0.15, 0.2) is 18.2 Å². The molecule has 0 radical (unpaired) electrons. The Morgan fingerprint density at radius 1 is 1.50 bits per heavy atom. The summed E-state index contributed by atoms with van der Waals surface area (Å²) in [5.74, 6) is 0. The summed E-state index contributed by atoms with van der Waals surface area (Å²) in [4.78, 5) is 0. The summed E-state index contributed by atoms with van der Waals surface area (Å²) in [6.07, 6.45) is 3.48. The van der Waals surface area contributed by atoms with Crippen LogP contribution in [0.1, 0.15) is 24.5 Å². The standard InChI is InChI=1S/C12H18N2/c1-2-14-10-6-7-11-9(8-10)4-3-5-12(11)13/h3-5,10,14H,2,6-8,13H2,1H3. The molecular weight excluding hydrogens is 172 g/mol. The number of nitrogens with one attached hydrogen (secondary N) is 1. The van der Waals surface area contributed by atoms with E-state index < -0.39 is 0 Å². The van der Waals surface area contributed by atoms with Gasteiger partial charge in [0.05, 0.1) is 0 Å². The third kappa shape index (κ3) is 1.75. The molecule has 0 saturated heterocycles. The van der Waals surface area contributed by atoms with Gasteiger partial charge in [0.25, 0.3) is 0 Å². The Hall–Kier alpha value is -1.02. The minimum atomic E-state index is 0.647. The van der Waals surface area contributed by atoms with Crippen LogP contribution in [-0.2, 0) is 12.8 Å². The average Bonchev–Trinajstić information content (AvgIpc) is 2.18. The number of fused-ring (bicyclic) bond motifs is 1. The molecular formula is C12H18N2. The zero-order valence-corrected chi connectivity index (χ0v) is 8.72. The predicted molar refractivity (Wildman–Crippen MR) is 60.3 cm³/mol. The highest BCUT2D eigenvalue weighted by Gasteiger charge is 2.18. The first-order valence-electron chi connectivity index (χ1n) is 5.41. The van der Waals surface area contributed by atoms with Gasteiger partial charge >= 0.3 is 0 Å². The van der Waals surface area contributed by atoms with Gasteiger partial charge in [-0.15, -0.1) is 0 Å². The molecule has 1 aromatic rings. The fourth-order valence-corrected chi connectivity index (χ4v) is 2.30. The Kier molecular flexibility index (Phi) is 2.73. The molecule has 0 amide bonds. The third-order valence-corrected chi connectivity index (χ3v) is 3.01. The zero-order valence-electron chi connectivity index (χ0n) is 8.72. The molecule has 0 heterocycles. The highest BCUT2D eigenvalue weighted by atomic mass is 14.9. The Labute approximate surface area is 85.5 Å². The number of benzene rings is 1. The van der Waals surface area contributed by atoms with Gasteiger partial charge in [-0.1, -0.05) is 19.1 Å². The first-order chi connectivity index (χ1) is 6.81. The van der Waals surface area contributed by atoms with Gasteiger partial charge in [-0.2, -0.15) is 0 Å². The van der Waals surface area contributed by atoms with Crippen LogP contribution in [0.3, 0.4) is 0 Å². The van der Waals surface area contributed by atoms with E-state index in [0.717, 1.165) is 25.1 Å². The minimum Gasteiger partial charge on any atom is -0.398 e. The zero-order chi connectivity index (χ0) is 9.97. The maximum Gasteiger partial charge on any atom is 0.0349 e. The topological polar surface area (TPSA) is 38.0 Å². The molecule has 76 valence electrons. The number of hydrogen-bond donors (Lipinski definition) is 2. The van der Waals surface area contributed by atoms with Crippen molar-refractivity contribution in [3.8, 4) is 0 Å². The quantitative estimate of drug-likeness (QED) is 0.697. The fourth-order valence-electron chi connectivity index (χ4n) is 2.30. The van der Waals surface area contributed by atoms with Gasteiger partial charge in [0.2, 0.25) is 0 Å². The molecule has 1 aromatic carbocycles. The number of hydrogen-bond acceptors (Lipinski definition) is 2. The highest BCUT2D eigenvalue weighted by molar-refractivity contribution is 5.52. The van der Waals surface area contributed by atoms with Crippen molar-refractivity contribution in [3.63, 3.8) is 0 Å². The lowest BCUT2D eigenvalue weighted by atomic mass is 9.87. The summed E-state index contributed by atoms with van der Waals surface area (Å²) in [7, 11) is 0. The van der Waals surface area contributed by atoms with Crippen LogP contribution < -0.4 is 11.1 Å². The third-order valence-electron chi connectivity index (χ3n) is 3.01. The molecule has 1 aliphatic carbocycles. The van der Waals surface area contributed by atoms with Crippen LogP contribution in [-0.4, -0.2) is 12.6 Å². The van der Waals surface area contributed by atoms with E-state index in [2.05, 4.69) is 24.4 Å². The van der Waals surface area contributed by atoms with Crippen LogP contribution >= 0.6 is 0 Å². The Morgan fingerprint density at radius 2 is 2.36 bits per heavy atom. The summed E-state index contributed by atoms with van der Waals surface area (Å²) >= 11 is 0. The van der Waals surface area contributed by atoms with E-state index >= 15 is 0 Å². The second-order valence-corrected chi connectivity index (χ2v) is 3.98. The maximum absolute atomic E-state index is 5.94. The summed E-state index contributed by atoms with van der Waals surface area (Å²) in [5.41, 5.74) is 9.72. The first kappa shape index (κ1) is 9.53. The van der Waals surface area contributed by atoms with E-state index in [1.54, 1.807) is 0 Å². The molecule has 0 aromatic heterocycles. The molecule has 1 aliphatic rings. The monoisotopic (exact) mass is 190 g/mol. The number of rotatable bonds is 2. The van der Waals surface area contributed by atoms with Crippen LogP contribution in [0.4, 0.5) is 5.69 Å². The lowest BCUT2D eigenvalue weighted by molar-refractivity contribution is 0.471. The predicted octanol–water partition coefficient (Wildman–Crippen LogP) is 1.74. The Bertz CT molecular complexity index is 320. The summed E-state index contributed by atoms with van der Waals surface area (Å²) in [5, 5.41) is 3.50. The van der Waals surface area contributed by atoms with Gasteiger partial charge in [0.1, 0.15) is 0 Å². The van der Waals surface area contributed by atoms with Crippen LogP contribution in [0.2, 0.25) is 0 Å². The number of anilines is 1. The molecule has 0 saturated carbocycles. The molecule has 0 aliphatic heterocycles. The Balaban J connectivity index is 2.18. The molecule has 2 rings (SSSR count). The average molecular weight is 190 g/mol. The van der Waals surface area contributed by atoms with Crippen molar-refractivity contribution < 1.29 is 0 Å². The van der Waals surface area contributed by atoms with E-state index in [-0.39, 0.29) is 0 Å². The van der Waals surface area contributed by atoms with Crippen molar-refractivity contribution >= 4 is 5.69 Å². The number of nitrogen functional groups attached to an aromatic ring is 1. The lowest BCUT2D eigenvalue weighted by Crippen LogP contribution is -2.34. The normalized spacial score (nSPS) is 20.5. The molecule has 2 nitrogen and oxygen atoms in total. The first-order valence-corrected chi connectivity index (χ1v) is 5.41. The van der Waals surface area contributed by atoms with Gasteiger partial charge < -0.3 is 11.1 Å². The van der Waals surface area contributed by atoms with E-state index in [1.165, 1.54) is 17.5 Å². The van der Waals surface area contributed by atoms with Crippen LogP contribution in [0, 0.1) is 0 Å². The largest absolute Gasteiger partial charge is 0.398 e. The second kappa shape index (κ2) is 4.01. The van der Waals surface area contributed by atoms with Gasteiger partial charge in [0, 0.05) is 11.7 Å².